The summed E-state index contributed by atoms with van der Waals surface area (Å²) >= 11 is 0. The molecule has 1 fully saturated rings. The molecule has 20 heavy (non-hydrogen) atoms. The van der Waals surface area contributed by atoms with Gasteiger partial charge in [0, 0.05) is 23.9 Å². The molecule has 1 amide bonds. The Balaban J connectivity index is 2.06. The van der Waals surface area contributed by atoms with Crippen LogP contribution in [0, 0.1) is 0 Å². The van der Waals surface area contributed by atoms with Crippen molar-refractivity contribution in [3.8, 4) is 0 Å². The number of rotatable bonds is 3. The fourth-order valence-corrected chi connectivity index (χ4v) is 3.07. The van der Waals surface area contributed by atoms with Crippen molar-refractivity contribution < 1.29 is 13.2 Å². The lowest BCUT2D eigenvalue weighted by atomic mass is 9.91. The smallest absolute Gasteiger partial charge is 0.251 e. The Morgan fingerprint density at radius 2 is 1.90 bits per heavy atom. The molecule has 110 valence electrons. The van der Waals surface area contributed by atoms with E-state index in [4.69, 9.17) is 5.73 Å². The number of amides is 1. The van der Waals surface area contributed by atoms with Gasteiger partial charge in [-0.25, -0.2) is 8.42 Å². The molecule has 0 atom stereocenters. The van der Waals surface area contributed by atoms with Crippen LogP contribution < -0.4 is 11.1 Å². The van der Waals surface area contributed by atoms with Crippen LogP contribution in [0.4, 0.5) is 0 Å². The lowest BCUT2D eigenvalue weighted by Gasteiger charge is -2.26. The molecule has 1 aromatic rings. The monoisotopic (exact) mass is 296 g/mol. The van der Waals surface area contributed by atoms with Crippen LogP contribution in [0.2, 0.25) is 0 Å². The van der Waals surface area contributed by atoms with E-state index in [1.165, 1.54) is 12.1 Å². The van der Waals surface area contributed by atoms with E-state index in [0.29, 0.717) is 5.56 Å². The minimum atomic E-state index is -3.30. The first-order valence-electron chi connectivity index (χ1n) is 6.73. The van der Waals surface area contributed by atoms with Crippen molar-refractivity contribution in [3.63, 3.8) is 0 Å². The SMILES string of the molecule is CS(=O)(=O)c1cccc(C(=O)NC2CCC(N)CC2)c1. The van der Waals surface area contributed by atoms with Gasteiger partial charge in [-0.3, -0.25) is 4.79 Å². The Morgan fingerprint density at radius 3 is 2.50 bits per heavy atom. The molecule has 1 aliphatic rings. The van der Waals surface area contributed by atoms with Gasteiger partial charge in [-0.15, -0.1) is 0 Å². The van der Waals surface area contributed by atoms with Gasteiger partial charge in [0.25, 0.3) is 5.91 Å². The molecule has 1 aliphatic carbocycles. The van der Waals surface area contributed by atoms with Gasteiger partial charge in [0.05, 0.1) is 4.90 Å². The van der Waals surface area contributed by atoms with Crippen molar-refractivity contribution >= 4 is 15.7 Å². The molecule has 6 heteroatoms. The summed E-state index contributed by atoms with van der Waals surface area (Å²) in [5, 5.41) is 2.95. The Labute approximate surface area is 119 Å². The number of hydrogen-bond acceptors (Lipinski definition) is 4. The van der Waals surface area contributed by atoms with Crippen LogP contribution in [0.5, 0.6) is 0 Å². The lowest BCUT2D eigenvalue weighted by Crippen LogP contribution is -2.40. The number of sulfone groups is 1. The molecule has 1 saturated carbocycles. The van der Waals surface area contributed by atoms with E-state index < -0.39 is 9.84 Å². The summed E-state index contributed by atoms with van der Waals surface area (Å²) in [6, 6.07) is 6.48. The molecular weight excluding hydrogens is 276 g/mol. The summed E-state index contributed by atoms with van der Waals surface area (Å²) in [5.74, 6) is -0.226. The molecule has 0 heterocycles. The highest BCUT2D eigenvalue weighted by Gasteiger charge is 2.21. The zero-order chi connectivity index (χ0) is 14.8. The lowest BCUT2D eigenvalue weighted by molar-refractivity contribution is 0.0925. The topological polar surface area (TPSA) is 89.3 Å². The maximum Gasteiger partial charge on any atom is 0.251 e. The van der Waals surface area contributed by atoms with E-state index in [9.17, 15) is 13.2 Å². The summed E-state index contributed by atoms with van der Waals surface area (Å²) in [5.41, 5.74) is 6.20. The Hall–Kier alpha value is -1.40. The molecular formula is C14H20N2O3S. The average molecular weight is 296 g/mol. The van der Waals surface area contributed by atoms with Crippen LogP contribution in [0.1, 0.15) is 36.0 Å². The van der Waals surface area contributed by atoms with Gasteiger partial charge < -0.3 is 11.1 Å². The van der Waals surface area contributed by atoms with Gasteiger partial charge in [0.2, 0.25) is 0 Å². The predicted molar refractivity (Wildman–Crippen MR) is 77.2 cm³/mol. The molecule has 0 saturated heterocycles. The molecule has 2 rings (SSSR count). The fraction of sp³-hybridized carbons (Fsp3) is 0.500. The Kier molecular flexibility index (Phi) is 4.45. The first kappa shape index (κ1) is 15.0. The Morgan fingerprint density at radius 1 is 1.25 bits per heavy atom. The minimum Gasteiger partial charge on any atom is -0.349 e. The van der Waals surface area contributed by atoms with Crippen LogP contribution >= 0.6 is 0 Å². The second-order valence-corrected chi connectivity index (χ2v) is 7.40. The molecule has 5 nitrogen and oxygen atoms in total. The van der Waals surface area contributed by atoms with Crippen molar-refractivity contribution in [2.45, 2.75) is 42.7 Å². The van der Waals surface area contributed by atoms with Crippen LogP contribution in [-0.4, -0.2) is 32.7 Å². The summed E-state index contributed by atoms with van der Waals surface area (Å²) in [6.45, 7) is 0. The molecule has 1 aromatic carbocycles. The van der Waals surface area contributed by atoms with E-state index in [2.05, 4.69) is 5.32 Å². The van der Waals surface area contributed by atoms with E-state index in [1.54, 1.807) is 12.1 Å². The van der Waals surface area contributed by atoms with E-state index in [0.717, 1.165) is 31.9 Å². The number of nitrogens with one attached hydrogen (secondary N) is 1. The number of nitrogens with two attached hydrogens (primary N) is 1. The Bertz CT molecular complexity index is 590. The van der Waals surface area contributed by atoms with Crippen molar-refractivity contribution in [1.82, 2.24) is 5.32 Å². The van der Waals surface area contributed by atoms with Crippen molar-refractivity contribution in [2.24, 2.45) is 5.73 Å². The van der Waals surface area contributed by atoms with Gasteiger partial charge >= 0.3 is 0 Å². The number of carbonyl (C=O) groups excluding carboxylic acids is 1. The zero-order valence-corrected chi connectivity index (χ0v) is 12.3. The second-order valence-electron chi connectivity index (χ2n) is 5.39. The number of carbonyl (C=O) groups is 1. The maximum absolute atomic E-state index is 12.1. The second kappa shape index (κ2) is 5.93. The highest BCUT2D eigenvalue weighted by Crippen LogP contribution is 2.18. The van der Waals surface area contributed by atoms with Crippen molar-refractivity contribution in [1.29, 1.82) is 0 Å². The van der Waals surface area contributed by atoms with Crippen LogP contribution in [-0.2, 0) is 9.84 Å². The molecule has 0 unspecified atom stereocenters. The number of benzene rings is 1. The third-order valence-electron chi connectivity index (χ3n) is 3.63. The fourth-order valence-electron chi connectivity index (χ4n) is 2.40. The molecule has 0 radical (unpaired) electrons. The van der Waals surface area contributed by atoms with Crippen LogP contribution in [0.25, 0.3) is 0 Å². The maximum atomic E-state index is 12.1. The first-order valence-corrected chi connectivity index (χ1v) is 8.62. The summed E-state index contributed by atoms with van der Waals surface area (Å²) < 4.78 is 23.0. The third-order valence-corrected chi connectivity index (χ3v) is 4.74. The first-order chi connectivity index (χ1) is 9.36. The standard InChI is InChI=1S/C14H20N2O3S/c1-20(18,19)13-4-2-3-10(9-13)14(17)16-12-7-5-11(15)6-8-12/h2-4,9,11-12H,5-8,15H2,1H3,(H,16,17). The molecule has 0 spiro atoms. The van der Waals surface area contributed by atoms with Crippen molar-refractivity contribution in [2.75, 3.05) is 6.26 Å². The van der Waals surface area contributed by atoms with Crippen LogP contribution in [0.3, 0.4) is 0 Å². The van der Waals surface area contributed by atoms with Gasteiger partial charge in [-0.1, -0.05) is 6.07 Å². The van der Waals surface area contributed by atoms with Gasteiger partial charge in [-0.2, -0.15) is 0 Å². The van der Waals surface area contributed by atoms with Crippen molar-refractivity contribution in [3.05, 3.63) is 29.8 Å². The average Bonchev–Trinajstić information content (AvgIpc) is 2.40. The van der Waals surface area contributed by atoms with E-state index in [-0.39, 0.29) is 22.9 Å². The molecule has 3 N–H and O–H groups in total. The third kappa shape index (κ3) is 3.80. The molecule has 0 bridgehead atoms. The summed E-state index contributed by atoms with van der Waals surface area (Å²) in [4.78, 5) is 12.3. The number of hydrogen-bond donors (Lipinski definition) is 2. The van der Waals surface area contributed by atoms with Gasteiger partial charge in [-0.05, 0) is 43.9 Å². The summed E-state index contributed by atoms with van der Waals surface area (Å²) in [6.07, 6.45) is 4.70. The molecule has 0 aromatic heterocycles. The predicted octanol–water partition coefficient (Wildman–Crippen LogP) is 1.09. The molecule has 0 aliphatic heterocycles. The van der Waals surface area contributed by atoms with Gasteiger partial charge in [0.1, 0.15) is 0 Å². The van der Waals surface area contributed by atoms with E-state index >= 15 is 0 Å². The van der Waals surface area contributed by atoms with Gasteiger partial charge in [0.15, 0.2) is 9.84 Å². The zero-order valence-electron chi connectivity index (χ0n) is 11.5. The minimum absolute atomic E-state index is 0.129. The largest absolute Gasteiger partial charge is 0.349 e. The highest BCUT2D eigenvalue weighted by molar-refractivity contribution is 7.90. The van der Waals surface area contributed by atoms with E-state index in [1.807, 2.05) is 0 Å². The van der Waals surface area contributed by atoms with Crippen LogP contribution in [0.15, 0.2) is 29.2 Å². The highest BCUT2D eigenvalue weighted by atomic mass is 32.2. The summed E-state index contributed by atoms with van der Waals surface area (Å²) in [7, 11) is -3.30. The normalized spacial score (nSPS) is 23.3. The quantitative estimate of drug-likeness (QED) is 0.873.